The van der Waals surface area contributed by atoms with Gasteiger partial charge in [-0.1, -0.05) is 12.1 Å². The summed E-state index contributed by atoms with van der Waals surface area (Å²) in [5.41, 5.74) is 7.72. The monoisotopic (exact) mass is 196 g/mol. The predicted molar refractivity (Wildman–Crippen MR) is 56.6 cm³/mol. The Bertz CT molecular complexity index is 494. The Kier molecular flexibility index (Phi) is 2.30. The third-order valence-corrected chi connectivity index (χ3v) is 1.99. The zero-order chi connectivity index (χ0) is 10.7. The lowest BCUT2D eigenvalue weighted by Crippen LogP contribution is -1.93. The van der Waals surface area contributed by atoms with Crippen LogP contribution in [0.3, 0.4) is 0 Å². The smallest absolute Gasteiger partial charge is 0.146 e. The second kappa shape index (κ2) is 3.76. The number of hydrogen-bond donors (Lipinski definition) is 1. The van der Waals surface area contributed by atoms with Crippen molar-refractivity contribution in [3.05, 3.63) is 42.0 Å². The molecular weight excluding hydrogens is 188 g/mol. The van der Waals surface area contributed by atoms with E-state index in [0.717, 1.165) is 11.3 Å². The maximum atomic E-state index is 8.64. The second-order valence-electron chi connectivity index (χ2n) is 3.03. The van der Waals surface area contributed by atoms with Gasteiger partial charge in [0.25, 0.3) is 0 Å². The van der Waals surface area contributed by atoms with Crippen molar-refractivity contribution >= 4 is 5.82 Å². The minimum Gasteiger partial charge on any atom is -0.382 e. The summed E-state index contributed by atoms with van der Waals surface area (Å²) in [5, 5.41) is 16.3. The van der Waals surface area contributed by atoms with Crippen molar-refractivity contribution in [2.24, 2.45) is 0 Å². The molecule has 0 aliphatic carbocycles. The lowest BCUT2D eigenvalue weighted by Gasteiger charge is -1.99. The Hall–Kier alpha value is -2.41. The summed E-state index contributed by atoms with van der Waals surface area (Å²) in [6.07, 6.45) is 0. The van der Waals surface area contributed by atoms with Crippen LogP contribution in [0.25, 0.3) is 11.3 Å². The summed E-state index contributed by atoms with van der Waals surface area (Å²) in [6, 6.07) is 12.7. The van der Waals surface area contributed by atoms with Crippen LogP contribution in [0.1, 0.15) is 5.56 Å². The maximum Gasteiger partial charge on any atom is 0.146 e. The molecule has 0 aliphatic heterocycles. The van der Waals surface area contributed by atoms with Gasteiger partial charge in [-0.25, -0.2) is 0 Å². The normalized spacial score (nSPS) is 9.53. The quantitative estimate of drug-likeness (QED) is 0.751. The van der Waals surface area contributed by atoms with Crippen LogP contribution in [0.5, 0.6) is 0 Å². The fourth-order valence-electron chi connectivity index (χ4n) is 1.21. The largest absolute Gasteiger partial charge is 0.382 e. The molecule has 0 unspecified atom stereocenters. The molecule has 2 N–H and O–H groups in total. The van der Waals surface area contributed by atoms with Crippen molar-refractivity contribution in [3.8, 4) is 17.3 Å². The Morgan fingerprint density at radius 2 is 1.73 bits per heavy atom. The lowest BCUT2D eigenvalue weighted by molar-refractivity contribution is 1.05. The highest BCUT2D eigenvalue weighted by molar-refractivity contribution is 5.60. The lowest BCUT2D eigenvalue weighted by atomic mass is 10.1. The molecule has 0 spiro atoms. The molecule has 0 aliphatic rings. The van der Waals surface area contributed by atoms with E-state index in [2.05, 4.69) is 16.3 Å². The molecule has 72 valence electrons. The Morgan fingerprint density at radius 3 is 2.27 bits per heavy atom. The molecule has 0 saturated carbocycles. The van der Waals surface area contributed by atoms with Crippen LogP contribution in [0, 0.1) is 11.3 Å². The summed E-state index contributed by atoms with van der Waals surface area (Å²) in [5.74, 6) is 0.396. The van der Waals surface area contributed by atoms with Gasteiger partial charge in [-0.05, 0) is 24.3 Å². The van der Waals surface area contributed by atoms with Gasteiger partial charge in [0.05, 0.1) is 17.3 Å². The van der Waals surface area contributed by atoms with E-state index in [9.17, 15) is 0 Å². The molecule has 2 aromatic rings. The minimum atomic E-state index is 0.396. The number of nitrogen functional groups attached to an aromatic ring is 1. The molecule has 2 rings (SSSR count). The number of rotatable bonds is 1. The third-order valence-electron chi connectivity index (χ3n) is 1.99. The molecule has 4 heteroatoms. The zero-order valence-corrected chi connectivity index (χ0v) is 7.88. The number of nitrogens with zero attached hydrogens (tertiary/aromatic N) is 3. The summed E-state index contributed by atoms with van der Waals surface area (Å²) in [4.78, 5) is 0. The van der Waals surface area contributed by atoms with E-state index >= 15 is 0 Å². The highest BCUT2D eigenvalue weighted by Crippen LogP contribution is 2.16. The van der Waals surface area contributed by atoms with E-state index in [1.54, 1.807) is 24.3 Å². The van der Waals surface area contributed by atoms with Crippen LogP contribution in [-0.4, -0.2) is 10.2 Å². The van der Waals surface area contributed by atoms with Crippen LogP contribution >= 0.6 is 0 Å². The second-order valence-corrected chi connectivity index (χ2v) is 3.03. The first kappa shape index (κ1) is 9.16. The van der Waals surface area contributed by atoms with Crippen LogP contribution in [0.4, 0.5) is 5.82 Å². The number of aromatic nitrogens is 2. The average Bonchev–Trinajstić information content (AvgIpc) is 2.30. The van der Waals surface area contributed by atoms with Gasteiger partial charge in [0.2, 0.25) is 0 Å². The first-order valence-electron chi connectivity index (χ1n) is 4.39. The highest BCUT2D eigenvalue weighted by Gasteiger charge is 1.99. The Morgan fingerprint density at radius 1 is 1.00 bits per heavy atom. The van der Waals surface area contributed by atoms with Crippen molar-refractivity contribution in [1.82, 2.24) is 10.2 Å². The number of benzene rings is 1. The summed E-state index contributed by atoms with van der Waals surface area (Å²) in [7, 11) is 0. The first-order valence-corrected chi connectivity index (χ1v) is 4.39. The van der Waals surface area contributed by atoms with Gasteiger partial charge in [0, 0.05) is 5.56 Å². The molecule has 0 fully saturated rings. The maximum absolute atomic E-state index is 8.64. The van der Waals surface area contributed by atoms with Gasteiger partial charge < -0.3 is 5.73 Å². The van der Waals surface area contributed by atoms with Gasteiger partial charge >= 0.3 is 0 Å². The van der Waals surface area contributed by atoms with E-state index in [-0.39, 0.29) is 0 Å². The topological polar surface area (TPSA) is 75.6 Å². The fraction of sp³-hybridized carbons (Fsp3) is 0. The van der Waals surface area contributed by atoms with Crippen LogP contribution in [-0.2, 0) is 0 Å². The van der Waals surface area contributed by atoms with Crippen LogP contribution in [0.2, 0.25) is 0 Å². The van der Waals surface area contributed by atoms with Gasteiger partial charge in [0.15, 0.2) is 0 Å². The number of anilines is 1. The van der Waals surface area contributed by atoms with E-state index in [1.165, 1.54) is 0 Å². The fourth-order valence-corrected chi connectivity index (χ4v) is 1.21. The number of nitriles is 1. The summed E-state index contributed by atoms with van der Waals surface area (Å²) in [6.45, 7) is 0. The van der Waals surface area contributed by atoms with E-state index in [1.807, 2.05) is 12.1 Å². The standard InChI is InChI=1S/C11H8N4/c12-7-8-1-3-9(4-2-8)10-5-6-11(13)15-14-10/h1-6H,(H2,13,15). The number of hydrogen-bond acceptors (Lipinski definition) is 4. The first-order chi connectivity index (χ1) is 7.29. The van der Waals surface area contributed by atoms with E-state index in [0.29, 0.717) is 11.4 Å². The molecular formula is C11H8N4. The zero-order valence-electron chi connectivity index (χ0n) is 7.88. The molecule has 1 aromatic heterocycles. The Labute approximate surface area is 87.0 Å². The third kappa shape index (κ3) is 1.92. The van der Waals surface area contributed by atoms with Crippen LogP contribution in [0.15, 0.2) is 36.4 Å². The van der Waals surface area contributed by atoms with Gasteiger partial charge in [-0.3, -0.25) is 0 Å². The van der Waals surface area contributed by atoms with Gasteiger partial charge in [-0.2, -0.15) is 5.26 Å². The molecule has 0 atom stereocenters. The van der Waals surface area contributed by atoms with Gasteiger partial charge in [0.1, 0.15) is 5.82 Å². The number of nitrogens with two attached hydrogens (primary N) is 1. The molecule has 0 radical (unpaired) electrons. The highest BCUT2D eigenvalue weighted by atomic mass is 15.1. The summed E-state index contributed by atoms with van der Waals surface area (Å²) < 4.78 is 0. The molecule has 0 saturated heterocycles. The molecule has 1 heterocycles. The van der Waals surface area contributed by atoms with Crippen molar-refractivity contribution < 1.29 is 0 Å². The Balaban J connectivity index is 2.38. The molecule has 0 bridgehead atoms. The molecule has 15 heavy (non-hydrogen) atoms. The molecule has 0 amide bonds. The van der Waals surface area contributed by atoms with Crippen LogP contribution < -0.4 is 5.73 Å². The van der Waals surface area contributed by atoms with E-state index < -0.39 is 0 Å². The van der Waals surface area contributed by atoms with E-state index in [4.69, 9.17) is 11.0 Å². The van der Waals surface area contributed by atoms with Crippen molar-refractivity contribution in [1.29, 1.82) is 5.26 Å². The summed E-state index contributed by atoms with van der Waals surface area (Å²) >= 11 is 0. The predicted octanol–water partition coefficient (Wildman–Crippen LogP) is 1.60. The average molecular weight is 196 g/mol. The molecule has 1 aromatic carbocycles. The van der Waals surface area contributed by atoms with Crippen molar-refractivity contribution in [2.75, 3.05) is 5.73 Å². The van der Waals surface area contributed by atoms with Crippen molar-refractivity contribution in [2.45, 2.75) is 0 Å². The molecule has 4 nitrogen and oxygen atoms in total. The minimum absolute atomic E-state index is 0.396. The van der Waals surface area contributed by atoms with Gasteiger partial charge in [-0.15, -0.1) is 10.2 Å². The van der Waals surface area contributed by atoms with Crippen molar-refractivity contribution in [3.63, 3.8) is 0 Å². The SMILES string of the molecule is N#Cc1ccc(-c2ccc(N)nn2)cc1.